The molecule has 1 aromatic carbocycles. The van der Waals surface area contributed by atoms with E-state index >= 15 is 0 Å². The average molecular weight is 242 g/mol. The van der Waals surface area contributed by atoms with Crippen LogP contribution in [-0.2, 0) is 5.41 Å². The quantitative estimate of drug-likeness (QED) is 0.695. The Morgan fingerprint density at radius 3 is 2.50 bits per heavy atom. The Morgan fingerprint density at radius 1 is 1.31 bits per heavy atom. The summed E-state index contributed by atoms with van der Waals surface area (Å²) in [5, 5.41) is 23.5. The first-order valence-corrected chi connectivity index (χ1v) is 5.20. The number of phenolic OH excluding ortho intramolecular Hbond substituents is 2. The van der Waals surface area contributed by atoms with Crippen LogP contribution >= 0.6 is 11.6 Å². The largest absolute Gasteiger partial charge is 0.504 e. The van der Waals surface area contributed by atoms with Crippen LogP contribution in [0.2, 0.25) is 5.02 Å². The number of hydrogen-bond donors (Lipinski definition) is 2. The Labute approximate surface area is 97.4 Å². The molecule has 86 valence electrons. The van der Waals surface area contributed by atoms with E-state index in [1.807, 2.05) is 20.8 Å². The number of nitrogens with zero attached hydrogens (tertiary/aromatic N) is 1. The average Bonchev–Trinajstić information content (AvgIpc) is 2.57. The summed E-state index contributed by atoms with van der Waals surface area (Å²) in [4.78, 5) is 0. The van der Waals surface area contributed by atoms with E-state index in [-0.39, 0.29) is 21.9 Å². The zero-order chi connectivity index (χ0) is 12.1. The van der Waals surface area contributed by atoms with Gasteiger partial charge in [0.15, 0.2) is 17.1 Å². The van der Waals surface area contributed by atoms with E-state index in [0.29, 0.717) is 16.7 Å². The molecule has 0 fully saturated rings. The second kappa shape index (κ2) is 3.28. The number of phenols is 2. The predicted octanol–water partition coefficient (Wildman–Crippen LogP) is 3.19. The Balaban J connectivity index is 2.87. The molecule has 0 amide bonds. The molecular weight excluding hydrogens is 230 g/mol. The van der Waals surface area contributed by atoms with Crippen molar-refractivity contribution in [2.45, 2.75) is 26.2 Å². The molecule has 0 bridgehead atoms. The van der Waals surface area contributed by atoms with Crippen molar-refractivity contribution in [1.82, 2.24) is 5.16 Å². The highest BCUT2D eigenvalue weighted by Crippen LogP contribution is 2.43. The van der Waals surface area contributed by atoms with Gasteiger partial charge < -0.3 is 14.7 Å². The molecule has 0 aliphatic heterocycles. The van der Waals surface area contributed by atoms with Crippen molar-refractivity contribution in [3.63, 3.8) is 0 Å². The molecule has 2 rings (SSSR count). The maximum atomic E-state index is 9.56. The van der Waals surface area contributed by atoms with E-state index in [1.54, 1.807) is 0 Å². The fourth-order valence-electron chi connectivity index (χ4n) is 1.55. The van der Waals surface area contributed by atoms with E-state index in [0.717, 1.165) is 0 Å². The lowest BCUT2D eigenvalue weighted by molar-refractivity contribution is 0.400. The summed E-state index contributed by atoms with van der Waals surface area (Å²) in [5.41, 5.74) is 0.770. The van der Waals surface area contributed by atoms with Crippen molar-refractivity contribution in [2.24, 2.45) is 0 Å². The van der Waals surface area contributed by atoms with Crippen LogP contribution in [0.4, 0.5) is 0 Å². The van der Waals surface area contributed by atoms with E-state index < -0.39 is 0 Å². The van der Waals surface area contributed by atoms with Crippen LogP contribution in [0, 0.1) is 0 Å². The normalized spacial score (nSPS) is 12.2. The molecule has 0 saturated carbocycles. The van der Waals surface area contributed by atoms with E-state index in [2.05, 4.69) is 5.16 Å². The second-order valence-electron chi connectivity index (χ2n) is 4.71. The van der Waals surface area contributed by atoms with Gasteiger partial charge in [-0.25, -0.2) is 0 Å². The van der Waals surface area contributed by atoms with Crippen molar-refractivity contribution in [1.29, 1.82) is 0 Å². The summed E-state index contributed by atoms with van der Waals surface area (Å²) < 4.78 is 5.09. The van der Waals surface area contributed by atoms with Gasteiger partial charge >= 0.3 is 0 Å². The van der Waals surface area contributed by atoms with Gasteiger partial charge in [0.25, 0.3) is 0 Å². The topological polar surface area (TPSA) is 66.5 Å². The lowest BCUT2D eigenvalue weighted by Crippen LogP contribution is -2.11. The number of hydrogen-bond acceptors (Lipinski definition) is 4. The van der Waals surface area contributed by atoms with Crippen molar-refractivity contribution in [3.8, 4) is 11.5 Å². The van der Waals surface area contributed by atoms with Gasteiger partial charge in [0.05, 0.1) is 16.1 Å². The molecule has 0 aliphatic rings. The fourth-order valence-corrected chi connectivity index (χ4v) is 1.83. The minimum absolute atomic E-state index is 0.0705. The Kier molecular flexibility index (Phi) is 2.27. The number of fused-ring (bicyclic) bond motifs is 1. The summed E-state index contributed by atoms with van der Waals surface area (Å²) in [6.07, 6.45) is 0. The molecule has 16 heavy (non-hydrogen) atoms. The first-order chi connectivity index (χ1) is 7.32. The third-order valence-electron chi connectivity index (χ3n) is 2.37. The van der Waals surface area contributed by atoms with Gasteiger partial charge in [-0.2, -0.15) is 0 Å². The molecule has 5 heteroatoms. The van der Waals surface area contributed by atoms with Gasteiger partial charge in [-0.3, -0.25) is 0 Å². The molecule has 2 aromatic rings. The van der Waals surface area contributed by atoms with Crippen LogP contribution in [0.15, 0.2) is 10.6 Å². The zero-order valence-electron chi connectivity index (χ0n) is 9.21. The minimum Gasteiger partial charge on any atom is -0.504 e. The van der Waals surface area contributed by atoms with Gasteiger partial charge in [0.2, 0.25) is 0 Å². The third-order valence-corrected chi connectivity index (χ3v) is 2.73. The van der Waals surface area contributed by atoms with Crippen LogP contribution in [0.5, 0.6) is 11.5 Å². The van der Waals surface area contributed by atoms with E-state index in [9.17, 15) is 10.2 Å². The monoisotopic (exact) mass is 241 g/mol. The van der Waals surface area contributed by atoms with Crippen LogP contribution in [-0.4, -0.2) is 15.4 Å². The van der Waals surface area contributed by atoms with Crippen molar-refractivity contribution in [2.75, 3.05) is 0 Å². The molecular formula is C11H12ClNO3. The molecule has 2 N–H and O–H groups in total. The molecule has 0 atom stereocenters. The van der Waals surface area contributed by atoms with Gasteiger partial charge in [0, 0.05) is 11.5 Å². The molecule has 0 radical (unpaired) electrons. The standard InChI is InChI=1S/C11H12ClNO3/c1-11(2,3)10-7-6(16-13-10)4-5(14)9(15)8(7)12/h4,14-15H,1-3H3. The molecule has 1 heterocycles. The molecule has 0 aliphatic carbocycles. The van der Waals surface area contributed by atoms with Crippen LogP contribution < -0.4 is 0 Å². The van der Waals surface area contributed by atoms with Crippen LogP contribution in [0.1, 0.15) is 26.5 Å². The van der Waals surface area contributed by atoms with Crippen molar-refractivity contribution >= 4 is 22.6 Å². The van der Waals surface area contributed by atoms with Gasteiger partial charge in [-0.05, 0) is 0 Å². The first kappa shape index (κ1) is 11.1. The lowest BCUT2D eigenvalue weighted by Gasteiger charge is -2.15. The molecule has 0 unspecified atom stereocenters. The van der Waals surface area contributed by atoms with Gasteiger partial charge in [0.1, 0.15) is 0 Å². The predicted molar refractivity (Wildman–Crippen MR) is 61.0 cm³/mol. The highest BCUT2D eigenvalue weighted by atomic mass is 35.5. The number of halogens is 1. The molecule has 4 nitrogen and oxygen atoms in total. The number of aromatic nitrogens is 1. The summed E-state index contributed by atoms with van der Waals surface area (Å²) in [5.74, 6) is -0.656. The summed E-state index contributed by atoms with van der Waals surface area (Å²) in [7, 11) is 0. The van der Waals surface area contributed by atoms with Gasteiger partial charge in [-0.1, -0.05) is 37.5 Å². The SMILES string of the molecule is CC(C)(C)c1noc2cc(O)c(O)c(Cl)c12. The maximum Gasteiger partial charge on any atom is 0.177 e. The fraction of sp³-hybridized carbons (Fsp3) is 0.364. The second-order valence-corrected chi connectivity index (χ2v) is 5.09. The van der Waals surface area contributed by atoms with Crippen molar-refractivity contribution in [3.05, 3.63) is 16.8 Å². The highest BCUT2D eigenvalue weighted by molar-refractivity contribution is 6.37. The molecule has 1 aromatic heterocycles. The number of rotatable bonds is 0. The van der Waals surface area contributed by atoms with Crippen molar-refractivity contribution < 1.29 is 14.7 Å². The zero-order valence-corrected chi connectivity index (χ0v) is 9.96. The summed E-state index contributed by atoms with van der Waals surface area (Å²) in [6, 6.07) is 1.30. The number of benzene rings is 1. The first-order valence-electron chi connectivity index (χ1n) is 4.82. The maximum absolute atomic E-state index is 9.56. The minimum atomic E-state index is -0.345. The van der Waals surface area contributed by atoms with Crippen LogP contribution in [0.25, 0.3) is 11.0 Å². The number of aromatic hydroxyl groups is 2. The summed E-state index contributed by atoms with van der Waals surface area (Å²) in [6.45, 7) is 5.89. The molecule has 0 spiro atoms. The summed E-state index contributed by atoms with van der Waals surface area (Å²) >= 11 is 5.97. The Morgan fingerprint density at radius 2 is 1.94 bits per heavy atom. The third kappa shape index (κ3) is 1.50. The van der Waals surface area contributed by atoms with E-state index in [4.69, 9.17) is 16.1 Å². The van der Waals surface area contributed by atoms with E-state index in [1.165, 1.54) is 6.07 Å². The highest BCUT2D eigenvalue weighted by Gasteiger charge is 2.26. The van der Waals surface area contributed by atoms with Crippen LogP contribution in [0.3, 0.4) is 0 Å². The molecule has 0 saturated heterocycles. The Hall–Kier alpha value is -1.42. The smallest absolute Gasteiger partial charge is 0.177 e. The van der Waals surface area contributed by atoms with Gasteiger partial charge in [-0.15, -0.1) is 0 Å². The lowest BCUT2D eigenvalue weighted by atomic mass is 9.90. The Bertz CT molecular complexity index is 554.